The average molecular weight is 191 g/mol. The third kappa shape index (κ3) is 1.92. The summed E-state index contributed by atoms with van der Waals surface area (Å²) >= 11 is 0. The monoisotopic (exact) mass is 191 g/mol. The number of nitriles is 1. The number of imidazole rings is 1. The molecule has 1 fully saturated rings. The van der Waals surface area contributed by atoms with Crippen molar-refractivity contribution in [2.45, 2.75) is 12.6 Å². The highest BCUT2D eigenvalue weighted by Crippen LogP contribution is 2.06. The van der Waals surface area contributed by atoms with Crippen molar-refractivity contribution in [2.24, 2.45) is 0 Å². The van der Waals surface area contributed by atoms with E-state index in [0.717, 1.165) is 31.9 Å². The van der Waals surface area contributed by atoms with Gasteiger partial charge in [0.05, 0.1) is 12.4 Å². The molecule has 0 radical (unpaired) electrons. The lowest BCUT2D eigenvalue weighted by Gasteiger charge is -2.31. The smallest absolute Gasteiger partial charge is 0.111 e. The summed E-state index contributed by atoms with van der Waals surface area (Å²) < 4.78 is 0. The molecule has 2 heterocycles. The van der Waals surface area contributed by atoms with Crippen LogP contribution in [0.15, 0.2) is 12.5 Å². The van der Waals surface area contributed by atoms with E-state index in [2.05, 4.69) is 26.3 Å². The Morgan fingerprint density at radius 1 is 1.71 bits per heavy atom. The quantitative estimate of drug-likeness (QED) is 0.674. The fourth-order valence-corrected chi connectivity index (χ4v) is 1.65. The second-order valence-corrected chi connectivity index (χ2v) is 3.40. The molecule has 0 saturated carbocycles. The largest absolute Gasteiger partial charge is 0.347 e. The van der Waals surface area contributed by atoms with E-state index in [4.69, 9.17) is 5.26 Å². The van der Waals surface area contributed by atoms with E-state index in [1.54, 1.807) is 12.5 Å². The molecule has 1 unspecified atom stereocenters. The summed E-state index contributed by atoms with van der Waals surface area (Å²) in [5.41, 5.74) is 1.06. The van der Waals surface area contributed by atoms with Gasteiger partial charge in [-0.25, -0.2) is 4.98 Å². The van der Waals surface area contributed by atoms with Gasteiger partial charge < -0.3 is 10.3 Å². The Balaban J connectivity index is 1.99. The Labute approximate surface area is 82.7 Å². The molecule has 0 aliphatic carbocycles. The van der Waals surface area contributed by atoms with E-state index in [0.29, 0.717) is 0 Å². The summed E-state index contributed by atoms with van der Waals surface area (Å²) in [5, 5.41) is 12.1. The minimum Gasteiger partial charge on any atom is -0.347 e. The van der Waals surface area contributed by atoms with Crippen LogP contribution in [-0.2, 0) is 6.54 Å². The summed E-state index contributed by atoms with van der Waals surface area (Å²) in [6.07, 6.45) is 3.47. The molecule has 5 heteroatoms. The Morgan fingerprint density at radius 2 is 2.64 bits per heavy atom. The maximum atomic E-state index is 8.93. The molecule has 0 amide bonds. The molecule has 1 atom stereocenters. The van der Waals surface area contributed by atoms with Crippen molar-refractivity contribution in [2.75, 3.05) is 19.6 Å². The van der Waals surface area contributed by atoms with E-state index in [-0.39, 0.29) is 6.04 Å². The number of aromatic amines is 1. The number of aromatic nitrogens is 2. The van der Waals surface area contributed by atoms with Gasteiger partial charge in [-0.2, -0.15) is 5.26 Å². The highest BCUT2D eigenvalue weighted by molar-refractivity contribution is 5.01. The molecule has 1 aromatic rings. The average Bonchev–Trinajstić information content (AvgIpc) is 2.71. The lowest BCUT2D eigenvalue weighted by atomic mass is 10.2. The van der Waals surface area contributed by atoms with Crippen LogP contribution < -0.4 is 5.32 Å². The molecule has 14 heavy (non-hydrogen) atoms. The van der Waals surface area contributed by atoms with Crippen molar-refractivity contribution in [1.29, 1.82) is 5.26 Å². The first-order valence-electron chi connectivity index (χ1n) is 4.72. The number of rotatable bonds is 2. The number of piperazine rings is 1. The fraction of sp³-hybridized carbons (Fsp3) is 0.556. The molecule has 0 spiro atoms. The molecule has 1 aliphatic rings. The number of nitrogens with one attached hydrogen (secondary N) is 2. The van der Waals surface area contributed by atoms with Crippen molar-refractivity contribution < 1.29 is 0 Å². The van der Waals surface area contributed by atoms with Crippen molar-refractivity contribution >= 4 is 0 Å². The Hall–Kier alpha value is -1.38. The molecule has 1 aliphatic heterocycles. The molecule has 1 saturated heterocycles. The number of hydrogen-bond acceptors (Lipinski definition) is 4. The predicted molar refractivity (Wildman–Crippen MR) is 51.3 cm³/mol. The van der Waals surface area contributed by atoms with Crippen LogP contribution in [0.5, 0.6) is 0 Å². The van der Waals surface area contributed by atoms with Crippen LogP contribution >= 0.6 is 0 Å². The molecule has 5 nitrogen and oxygen atoms in total. The van der Waals surface area contributed by atoms with E-state index < -0.39 is 0 Å². The van der Waals surface area contributed by atoms with E-state index in [9.17, 15) is 0 Å². The highest BCUT2D eigenvalue weighted by Gasteiger charge is 2.21. The van der Waals surface area contributed by atoms with Crippen LogP contribution in [0.4, 0.5) is 0 Å². The van der Waals surface area contributed by atoms with Crippen LogP contribution in [0.2, 0.25) is 0 Å². The normalized spacial score (nSPS) is 23.2. The highest BCUT2D eigenvalue weighted by atomic mass is 15.2. The minimum atomic E-state index is -0.0213. The van der Waals surface area contributed by atoms with E-state index >= 15 is 0 Å². The zero-order chi connectivity index (χ0) is 9.80. The van der Waals surface area contributed by atoms with Gasteiger partial charge in [-0.3, -0.25) is 4.90 Å². The van der Waals surface area contributed by atoms with Gasteiger partial charge in [0.25, 0.3) is 0 Å². The van der Waals surface area contributed by atoms with Crippen molar-refractivity contribution in [3.63, 3.8) is 0 Å². The first-order chi connectivity index (χ1) is 6.90. The zero-order valence-corrected chi connectivity index (χ0v) is 7.90. The molecule has 0 aromatic carbocycles. The van der Waals surface area contributed by atoms with Gasteiger partial charge in [0, 0.05) is 38.1 Å². The molecular formula is C9H13N5. The Kier molecular flexibility index (Phi) is 2.77. The third-order valence-electron chi connectivity index (χ3n) is 2.43. The third-order valence-corrected chi connectivity index (χ3v) is 2.43. The van der Waals surface area contributed by atoms with Crippen LogP contribution in [0.25, 0.3) is 0 Å². The molecule has 0 bridgehead atoms. The van der Waals surface area contributed by atoms with Crippen molar-refractivity contribution in [1.82, 2.24) is 20.2 Å². The van der Waals surface area contributed by atoms with Gasteiger partial charge in [0.15, 0.2) is 0 Å². The number of nitrogens with zero attached hydrogens (tertiary/aromatic N) is 3. The summed E-state index contributed by atoms with van der Waals surface area (Å²) in [5.74, 6) is 0. The van der Waals surface area contributed by atoms with E-state index in [1.807, 2.05) is 0 Å². The van der Waals surface area contributed by atoms with Gasteiger partial charge in [-0.1, -0.05) is 0 Å². The topological polar surface area (TPSA) is 67.7 Å². The molecule has 2 N–H and O–H groups in total. The summed E-state index contributed by atoms with van der Waals surface area (Å²) in [7, 11) is 0. The minimum absolute atomic E-state index is 0.0213. The van der Waals surface area contributed by atoms with Gasteiger partial charge >= 0.3 is 0 Å². The van der Waals surface area contributed by atoms with Crippen LogP contribution in [-0.4, -0.2) is 40.5 Å². The van der Waals surface area contributed by atoms with Gasteiger partial charge in [-0.15, -0.1) is 0 Å². The summed E-state index contributed by atoms with van der Waals surface area (Å²) in [6.45, 7) is 3.40. The van der Waals surface area contributed by atoms with E-state index in [1.165, 1.54) is 0 Å². The first kappa shape index (κ1) is 9.19. The molecule has 1 aromatic heterocycles. The van der Waals surface area contributed by atoms with Gasteiger partial charge in [0.2, 0.25) is 0 Å². The van der Waals surface area contributed by atoms with Crippen molar-refractivity contribution in [3.8, 4) is 6.07 Å². The number of hydrogen-bond donors (Lipinski definition) is 2. The predicted octanol–water partition coefficient (Wildman–Crippen LogP) is -0.293. The van der Waals surface area contributed by atoms with Crippen molar-refractivity contribution in [3.05, 3.63) is 18.2 Å². The van der Waals surface area contributed by atoms with Crippen LogP contribution in [0.1, 0.15) is 5.69 Å². The maximum absolute atomic E-state index is 8.93. The summed E-state index contributed by atoms with van der Waals surface area (Å²) in [4.78, 5) is 9.16. The second kappa shape index (κ2) is 4.22. The molecule has 74 valence electrons. The number of H-pyrrole nitrogens is 1. The lowest BCUT2D eigenvalue weighted by molar-refractivity contribution is 0.187. The zero-order valence-electron chi connectivity index (χ0n) is 7.90. The SMILES string of the molecule is N#CC1CNCCN1Cc1cnc[nH]1. The molecular weight excluding hydrogens is 178 g/mol. The standard InChI is InChI=1S/C9H13N5/c10-3-9-5-11-1-2-14(9)6-8-4-12-7-13-8/h4,7,9,11H,1-2,5-6H2,(H,12,13). The van der Waals surface area contributed by atoms with Gasteiger partial charge in [0.1, 0.15) is 6.04 Å². The van der Waals surface area contributed by atoms with Gasteiger partial charge in [-0.05, 0) is 0 Å². The second-order valence-electron chi connectivity index (χ2n) is 3.40. The Bertz CT molecular complexity index is 312. The van der Waals surface area contributed by atoms with Crippen LogP contribution in [0, 0.1) is 11.3 Å². The fourth-order valence-electron chi connectivity index (χ4n) is 1.65. The molecule has 2 rings (SSSR count). The Morgan fingerprint density at radius 3 is 3.36 bits per heavy atom. The van der Waals surface area contributed by atoms with Crippen LogP contribution in [0.3, 0.4) is 0 Å². The maximum Gasteiger partial charge on any atom is 0.111 e. The first-order valence-corrected chi connectivity index (χ1v) is 4.72. The summed E-state index contributed by atoms with van der Waals surface area (Å²) in [6, 6.07) is 2.27. The lowest BCUT2D eigenvalue weighted by Crippen LogP contribution is -2.50.